The van der Waals surface area contributed by atoms with Gasteiger partial charge in [-0.25, -0.2) is 0 Å². The van der Waals surface area contributed by atoms with E-state index in [2.05, 4.69) is 5.32 Å². The predicted octanol–water partition coefficient (Wildman–Crippen LogP) is 1.96. The second-order valence-corrected chi connectivity index (χ2v) is 5.22. The topological polar surface area (TPSA) is 66.4 Å². The fraction of sp³-hybridized carbons (Fsp3) is 0.692. The van der Waals surface area contributed by atoms with Gasteiger partial charge in [-0.15, -0.1) is 0 Å². The van der Waals surface area contributed by atoms with E-state index >= 15 is 0 Å². The summed E-state index contributed by atoms with van der Waals surface area (Å²) in [5.41, 5.74) is -0.276. The SMILES string of the molecule is CCC(C)(C)NC(=O)[C@@H]1CC=CC[C@@H]1C(=O)O. The van der Waals surface area contributed by atoms with Crippen molar-refractivity contribution in [3.05, 3.63) is 12.2 Å². The molecule has 0 aliphatic heterocycles. The Morgan fingerprint density at radius 2 is 1.82 bits per heavy atom. The maximum atomic E-state index is 12.1. The molecule has 0 unspecified atom stereocenters. The maximum absolute atomic E-state index is 12.1. The van der Waals surface area contributed by atoms with E-state index < -0.39 is 17.8 Å². The molecule has 2 N–H and O–H groups in total. The monoisotopic (exact) mass is 239 g/mol. The minimum Gasteiger partial charge on any atom is -0.481 e. The Balaban J connectivity index is 2.73. The number of carboxylic acids is 1. The van der Waals surface area contributed by atoms with Crippen LogP contribution < -0.4 is 5.32 Å². The van der Waals surface area contributed by atoms with Crippen LogP contribution in [0.5, 0.6) is 0 Å². The summed E-state index contributed by atoms with van der Waals surface area (Å²) in [6, 6.07) is 0. The quantitative estimate of drug-likeness (QED) is 0.737. The predicted molar refractivity (Wildman–Crippen MR) is 65.5 cm³/mol. The largest absolute Gasteiger partial charge is 0.481 e. The highest BCUT2D eigenvalue weighted by atomic mass is 16.4. The molecule has 0 bridgehead atoms. The van der Waals surface area contributed by atoms with Crippen LogP contribution in [0.4, 0.5) is 0 Å². The van der Waals surface area contributed by atoms with Crippen molar-refractivity contribution in [2.24, 2.45) is 11.8 Å². The lowest BCUT2D eigenvalue weighted by atomic mass is 9.82. The van der Waals surface area contributed by atoms with Crippen molar-refractivity contribution < 1.29 is 14.7 Å². The summed E-state index contributed by atoms with van der Waals surface area (Å²) in [5, 5.41) is 12.0. The summed E-state index contributed by atoms with van der Waals surface area (Å²) in [6.07, 6.45) is 5.51. The maximum Gasteiger partial charge on any atom is 0.307 e. The molecule has 0 fully saturated rings. The van der Waals surface area contributed by atoms with Crippen LogP contribution in [0.3, 0.4) is 0 Å². The molecule has 96 valence electrons. The van der Waals surface area contributed by atoms with Crippen LogP contribution in [-0.2, 0) is 9.59 Å². The van der Waals surface area contributed by atoms with Gasteiger partial charge in [0.2, 0.25) is 5.91 Å². The van der Waals surface area contributed by atoms with Crippen molar-refractivity contribution in [3.63, 3.8) is 0 Å². The zero-order chi connectivity index (χ0) is 13.1. The summed E-state index contributed by atoms with van der Waals surface area (Å²) >= 11 is 0. The highest BCUT2D eigenvalue weighted by molar-refractivity contribution is 5.85. The first-order chi connectivity index (χ1) is 7.87. The number of allylic oxidation sites excluding steroid dienone is 2. The van der Waals surface area contributed by atoms with Gasteiger partial charge in [-0.3, -0.25) is 9.59 Å². The minimum absolute atomic E-state index is 0.145. The van der Waals surface area contributed by atoms with Crippen LogP contribution in [0.1, 0.15) is 40.0 Å². The van der Waals surface area contributed by atoms with Crippen molar-refractivity contribution in [2.75, 3.05) is 0 Å². The van der Waals surface area contributed by atoms with Crippen LogP contribution >= 0.6 is 0 Å². The van der Waals surface area contributed by atoms with E-state index in [0.29, 0.717) is 12.8 Å². The van der Waals surface area contributed by atoms with Gasteiger partial charge in [0.15, 0.2) is 0 Å². The molecule has 0 saturated carbocycles. The Bertz CT molecular complexity index is 334. The Morgan fingerprint density at radius 1 is 1.29 bits per heavy atom. The summed E-state index contributed by atoms with van der Waals surface area (Å²) in [4.78, 5) is 23.2. The van der Waals surface area contributed by atoms with E-state index in [-0.39, 0.29) is 11.4 Å². The average Bonchev–Trinajstić information content (AvgIpc) is 2.28. The van der Waals surface area contributed by atoms with E-state index in [1.165, 1.54) is 0 Å². The van der Waals surface area contributed by atoms with Gasteiger partial charge in [0.25, 0.3) is 0 Å². The van der Waals surface area contributed by atoms with Gasteiger partial charge < -0.3 is 10.4 Å². The van der Waals surface area contributed by atoms with Gasteiger partial charge in [-0.05, 0) is 33.1 Å². The molecule has 0 spiro atoms. The van der Waals surface area contributed by atoms with Crippen molar-refractivity contribution in [1.29, 1.82) is 0 Å². The number of carbonyl (C=O) groups excluding carboxylic acids is 1. The highest BCUT2D eigenvalue weighted by Gasteiger charge is 2.35. The first kappa shape index (κ1) is 13.7. The molecular formula is C13H21NO3. The van der Waals surface area contributed by atoms with E-state index in [1.54, 1.807) is 0 Å². The summed E-state index contributed by atoms with van der Waals surface area (Å²) in [5.74, 6) is -2.06. The smallest absolute Gasteiger partial charge is 0.307 e. The number of nitrogens with one attached hydrogen (secondary N) is 1. The van der Waals surface area contributed by atoms with Crippen molar-refractivity contribution >= 4 is 11.9 Å². The number of hydrogen-bond donors (Lipinski definition) is 2. The molecule has 4 nitrogen and oxygen atoms in total. The Hall–Kier alpha value is -1.32. The molecule has 4 heteroatoms. The van der Waals surface area contributed by atoms with Crippen molar-refractivity contribution in [1.82, 2.24) is 5.32 Å². The molecule has 17 heavy (non-hydrogen) atoms. The molecule has 2 atom stereocenters. The van der Waals surface area contributed by atoms with Gasteiger partial charge >= 0.3 is 5.97 Å². The van der Waals surface area contributed by atoms with Crippen LogP contribution in [0.25, 0.3) is 0 Å². The molecule has 0 saturated heterocycles. The lowest BCUT2D eigenvalue weighted by Crippen LogP contribution is -2.48. The molecular weight excluding hydrogens is 218 g/mol. The first-order valence-corrected chi connectivity index (χ1v) is 6.07. The van der Waals surface area contributed by atoms with Gasteiger partial charge in [0, 0.05) is 5.54 Å². The molecule has 1 aliphatic carbocycles. The van der Waals surface area contributed by atoms with E-state index in [9.17, 15) is 9.59 Å². The number of hydrogen-bond acceptors (Lipinski definition) is 2. The van der Waals surface area contributed by atoms with Crippen LogP contribution in [-0.4, -0.2) is 22.5 Å². The Labute approximate surface area is 102 Å². The van der Waals surface area contributed by atoms with Crippen LogP contribution in [0, 0.1) is 11.8 Å². The zero-order valence-corrected chi connectivity index (χ0v) is 10.7. The van der Waals surface area contributed by atoms with Gasteiger partial charge in [-0.1, -0.05) is 19.1 Å². The first-order valence-electron chi connectivity index (χ1n) is 6.07. The lowest BCUT2D eigenvalue weighted by molar-refractivity contribution is -0.147. The molecule has 0 radical (unpaired) electrons. The van der Waals surface area contributed by atoms with Gasteiger partial charge in [-0.2, -0.15) is 0 Å². The summed E-state index contributed by atoms with van der Waals surface area (Å²) in [7, 11) is 0. The van der Waals surface area contributed by atoms with E-state index in [4.69, 9.17) is 5.11 Å². The molecule has 1 rings (SSSR count). The average molecular weight is 239 g/mol. The Kier molecular flexibility index (Phi) is 4.32. The second-order valence-electron chi connectivity index (χ2n) is 5.22. The number of aliphatic carboxylic acids is 1. The standard InChI is InChI=1S/C13H21NO3/c1-4-13(2,3)14-11(15)9-7-5-6-8-10(9)12(16)17/h5-6,9-10H,4,7-8H2,1-3H3,(H,14,15)(H,16,17)/t9-,10+/m1/s1. The minimum atomic E-state index is -0.885. The molecule has 0 aromatic carbocycles. The normalized spacial score (nSPS) is 24.4. The third-order valence-electron chi connectivity index (χ3n) is 3.43. The molecule has 1 aliphatic rings. The second kappa shape index (κ2) is 5.34. The zero-order valence-electron chi connectivity index (χ0n) is 10.7. The van der Waals surface area contributed by atoms with E-state index in [0.717, 1.165) is 6.42 Å². The summed E-state index contributed by atoms with van der Waals surface area (Å²) in [6.45, 7) is 5.88. The fourth-order valence-electron chi connectivity index (χ4n) is 1.89. The van der Waals surface area contributed by atoms with Crippen molar-refractivity contribution in [2.45, 2.75) is 45.6 Å². The third kappa shape index (κ3) is 3.58. The third-order valence-corrected chi connectivity index (χ3v) is 3.43. The number of rotatable bonds is 4. The molecule has 1 amide bonds. The molecule has 0 aromatic heterocycles. The number of carboxylic acid groups (broad SMARTS) is 1. The highest BCUT2D eigenvalue weighted by Crippen LogP contribution is 2.26. The Morgan fingerprint density at radius 3 is 2.29 bits per heavy atom. The fourth-order valence-corrected chi connectivity index (χ4v) is 1.89. The number of carbonyl (C=O) groups is 2. The van der Waals surface area contributed by atoms with E-state index in [1.807, 2.05) is 32.9 Å². The summed E-state index contributed by atoms with van der Waals surface area (Å²) < 4.78 is 0. The molecule has 0 aromatic rings. The van der Waals surface area contributed by atoms with Crippen molar-refractivity contribution in [3.8, 4) is 0 Å². The number of amides is 1. The van der Waals surface area contributed by atoms with Crippen LogP contribution in [0.15, 0.2) is 12.2 Å². The molecule has 0 heterocycles. The lowest BCUT2D eigenvalue weighted by Gasteiger charge is -2.30. The van der Waals surface area contributed by atoms with Gasteiger partial charge in [0.05, 0.1) is 11.8 Å². The van der Waals surface area contributed by atoms with Gasteiger partial charge in [0.1, 0.15) is 0 Å². The van der Waals surface area contributed by atoms with Crippen LogP contribution in [0.2, 0.25) is 0 Å².